The maximum Gasteiger partial charge on any atom is 0.242 e. The molecule has 2 N–H and O–H groups in total. The molecule has 4 heteroatoms. The number of nitrogens with zero attached hydrogens (tertiary/aromatic N) is 1. The molecule has 1 heterocycles. The first-order valence-electron chi connectivity index (χ1n) is 9.95. The van der Waals surface area contributed by atoms with E-state index in [4.69, 9.17) is 0 Å². The van der Waals surface area contributed by atoms with Gasteiger partial charge in [0.05, 0.1) is 6.04 Å². The van der Waals surface area contributed by atoms with E-state index in [2.05, 4.69) is 41.6 Å². The number of likely N-dealkylation sites (N-methyl/N-ethyl adjacent to an activating group) is 1. The van der Waals surface area contributed by atoms with E-state index >= 15 is 0 Å². The molecule has 0 saturated heterocycles. The molecule has 0 radical (unpaired) electrons. The Morgan fingerprint density at radius 2 is 2.12 bits per heavy atom. The van der Waals surface area contributed by atoms with Crippen LogP contribution in [-0.4, -0.2) is 37.0 Å². The number of rotatable bonds is 8. The Morgan fingerprint density at radius 1 is 1.32 bits per heavy atom. The van der Waals surface area contributed by atoms with Gasteiger partial charge in [0.15, 0.2) is 0 Å². The van der Waals surface area contributed by atoms with Crippen molar-refractivity contribution < 1.29 is 4.79 Å². The van der Waals surface area contributed by atoms with Crippen LogP contribution in [0.15, 0.2) is 18.2 Å². The lowest BCUT2D eigenvalue weighted by atomic mass is 9.80. The summed E-state index contributed by atoms with van der Waals surface area (Å²) in [5.74, 6) is 1.08. The van der Waals surface area contributed by atoms with Crippen molar-refractivity contribution in [3.63, 3.8) is 0 Å². The van der Waals surface area contributed by atoms with E-state index in [0.717, 1.165) is 23.7 Å². The van der Waals surface area contributed by atoms with Crippen molar-refractivity contribution in [2.45, 2.75) is 70.4 Å². The van der Waals surface area contributed by atoms with Gasteiger partial charge in [-0.05, 0) is 56.3 Å². The number of anilines is 2. The predicted octanol–water partition coefficient (Wildman–Crippen LogP) is 4.27. The summed E-state index contributed by atoms with van der Waals surface area (Å²) in [5, 5.41) is 6.27. The summed E-state index contributed by atoms with van der Waals surface area (Å²) in [7, 11) is 4.05. The van der Waals surface area contributed by atoms with Gasteiger partial charge in [-0.25, -0.2) is 0 Å². The first-order valence-corrected chi connectivity index (χ1v) is 9.95. The molecular weight excluding hydrogens is 310 g/mol. The number of amides is 1. The first-order chi connectivity index (χ1) is 12.1. The first kappa shape index (κ1) is 18.2. The molecule has 0 bridgehead atoms. The molecule has 1 amide bonds. The van der Waals surface area contributed by atoms with E-state index in [1.165, 1.54) is 50.5 Å². The molecule has 2 unspecified atom stereocenters. The molecular formula is C21H33N3O. The summed E-state index contributed by atoms with van der Waals surface area (Å²) in [5.41, 5.74) is 3.24. The average Bonchev–Trinajstić information content (AvgIpc) is 2.57. The third kappa shape index (κ3) is 4.17. The van der Waals surface area contributed by atoms with Crippen molar-refractivity contribution >= 4 is 17.3 Å². The molecule has 1 aliphatic carbocycles. The molecule has 25 heavy (non-hydrogen) atoms. The number of carbonyl (C=O) groups excluding carboxylic acids is 1. The summed E-state index contributed by atoms with van der Waals surface area (Å²) >= 11 is 0. The summed E-state index contributed by atoms with van der Waals surface area (Å²) < 4.78 is 0. The van der Waals surface area contributed by atoms with Crippen LogP contribution >= 0.6 is 0 Å². The zero-order chi connectivity index (χ0) is 17.8. The highest BCUT2D eigenvalue weighted by Crippen LogP contribution is 2.33. The van der Waals surface area contributed by atoms with Crippen LogP contribution in [0.25, 0.3) is 0 Å². The number of benzene rings is 1. The van der Waals surface area contributed by atoms with Crippen LogP contribution in [0.1, 0.15) is 57.4 Å². The fraction of sp³-hybridized carbons (Fsp3) is 0.667. The second-order valence-electron chi connectivity index (χ2n) is 7.81. The Bertz CT molecular complexity index is 597. The number of fused-ring (bicyclic) bond motifs is 1. The number of nitrogens with one attached hydrogen (secondary N) is 2. The Kier molecular flexibility index (Phi) is 6.00. The second-order valence-corrected chi connectivity index (χ2v) is 7.81. The monoisotopic (exact) mass is 343 g/mol. The molecule has 1 saturated carbocycles. The average molecular weight is 344 g/mol. The van der Waals surface area contributed by atoms with Crippen LogP contribution < -0.4 is 10.6 Å². The normalized spacial score (nSPS) is 21.4. The van der Waals surface area contributed by atoms with Crippen LogP contribution in [-0.2, 0) is 11.2 Å². The van der Waals surface area contributed by atoms with E-state index in [-0.39, 0.29) is 11.9 Å². The lowest BCUT2D eigenvalue weighted by Crippen LogP contribution is -2.50. The molecule has 1 aromatic carbocycles. The largest absolute Gasteiger partial charge is 0.388 e. The molecule has 2 atom stereocenters. The highest BCUT2D eigenvalue weighted by molar-refractivity contribution is 5.98. The summed E-state index contributed by atoms with van der Waals surface area (Å²) in [4.78, 5) is 15.1. The molecule has 0 spiro atoms. The van der Waals surface area contributed by atoms with Crippen molar-refractivity contribution in [2.75, 3.05) is 24.7 Å². The van der Waals surface area contributed by atoms with Gasteiger partial charge >= 0.3 is 0 Å². The van der Waals surface area contributed by atoms with Gasteiger partial charge in [-0.15, -0.1) is 0 Å². The Balaban J connectivity index is 1.68. The van der Waals surface area contributed by atoms with Crippen LogP contribution in [0.2, 0.25) is 0 Å². The third-order valence-corrected chi connectivity index (χ3v) is 6.19. The number of carbonyl (C=O) groups is 1. The molecule has 1 aliphatic heterocycles. The second kappa shape index (κ2) is 8.22. The van der Waals surface area contributed by atoms with E-state index in [1.807, 2.05) is 13.1 Å². The highest BCUT2D eigenvalue weighted by atomic mass is 16.2. The molecule has 1 fully saturated rings. The highest BCUT2D eigenvalue weighted by Gasteiger charge is 2.33. The topological polar surface area (TPSA) is 44.4 Å². The van der Waals surface area contributed by atoms with Gasteiger partial charge in [0.2, 0.25) is 5.91 Å². The smallest absolute Gasteiger partial charge is 0.242 e. The molecule has 2 aliphatic rings. The summed E-state index contributed by atoms with van der Waals surface area (Å²) in [6.45, 7) is 2.25. The van der Waals surface area contributed by atoms with Gasteiger partial charge in [-0.1, -0.05) is 38.7 Å². The lowest BCUT2D eigenvalue weighted by molar-refractivity contribution is -0.122. The minimum Gasteiger partial charge on any atom is -0.388 e. The minimum atomic E-state index is -0.0501. The maximum absolute atomic E-state index is 12.7. The van der Waals surface area contributed by atoms with Gasteiger partial charge in [-0.2, -0.15) is 0 Å². The van der Waals surface area contributed by atoms with Crippen LogP contribution in [0.5, 0.6) is 0 Å². The molecule has 1 aromatic rings. The van der Waals surface area contributed by atoms with E-state index < -0.39 is 0 Å². The van der Waals surface area contributed by atoms with Crippen molar-refractivity contribution in [1.82, 2.24) is 4.90 Å². The number of hydrogen-bond acceptors (Lipinski definition) is 3. The summed E-state index contributed by atoms with van der Waals surface area (Å²) in [6.07, 6.45) is 9.95. The molecule has 0 aromatic heterocycles. The van der Waals surface area contributed by atoms with Crippen molar-refractivity contribution in [3.05, 3.63) is 23.8 Å². The molecule has 3 rings (SSSR count). The maximum atomic E-state index is 12.7. The molecule has 4 nitrogen and oxygen atoms in total. The zero-order valence-electron chi connectivity index (χ0n) is 16.0. The van der Waals surface area contributed by atoms with E-state index in [9.17, 15) is 4.79 Å². The van der Waals surface area contributed by atoms with Crippen molar-refractivity contribution in [2.24, 2.45) is 5.92 Å². The van der Waals surface area contributed by atoms with Crippen LogP contribution in [0.3, 0.4) is 0 Å². The van der Waals surface area contributed by atoms with Gasteiger partial charge in [-0.3, -0.25) is 9.69 Å². The van der Waals surface area contributed by atoms with E-state index in [1.54, 1.807) is 0 Å². The fourth-order valence-electron chi connectivity index (χ4n) is 4.22. The quantitative estimate of drug-likeness (QED) is 0.741. The Hall–Kier alpha value is -1.55. The standard InChI is InChI=1S/C21H33N3O/c1-4-6-18(12-9-15-7-5-8-15)24(3)20-13-16-10-11-17(22-2)14-19(16)23-21(20)25/h10-11,14-15,18,20,22H,4-9,12-13H2,1-3H3,(H,23,25). The minimum absolute atomic E-state index is 0.0501. The van der Waals surface area contributed by atoms with Gasteiger partial charge in [0.25, 0.3) is 0 Å². The van der Waals surface area contributed by atoms with Gasteiger partial charge in [0, 0.05) is 24.5 Å². The van der Waals surface area contributed by atoms with E-state index in [0.29, 0.717) is 6.04 Å². The fourth-order valence-corrected chi connectivity index (χ4v) is 4.22. The van der Waals surface area contributed by atoms with Crippen molar-refractivity contribution in [3.8, 4) is 0 Å². The molecule has 138 valence electrons. The van der Waals surface area contributed by atoms with Crippen LogP contribution in [0, 0.1) is 5.92 Å². The SMILES string of the molecule is CCCC(CCC1CCC1)N(C)C1Cc2ccc(NC)cc2NC1=O. The van der Waals surface area contributed by atoms with Gasteiger partial charge < -0.3 is 10.6 Å². The van der Waals surface area contributed by atoms with Gasteiger partial charge in [0.1, 0.15) is 0 Å². The van der Waals surface area contributed by atoms with Crippen LogP contribution in [0.4, 0.5) is 11.4 Å². The van der Waals surface area contributed by atoms with Crippen molar-refractivity contribution in [1.29, 1.82) is 0 Å². The Morgan fingerprint density at radius 3 is 2.76 bits per heavy atom. The summed E-state index contributed by atoms with van der Waals surface area (Å²) in [6, 6.07) is 6.73. The zero-order valence-corrected chi connectivity index (χ0v) is 16.0. The predicted molar refractivity (Wildman–Crippen MR) is 105 cm³/mol. The third-order valence-electron chi connectivity index (χ3n) is 6.19. The Labute approximate surface area is 152 Å². The number of hydrogen-bond donors (Lipinski definition) is 2. The lowest BCUT2D eigenvalue weighted by Gasteiger charge is -2.38.